The number of β-amino-alcohol motifs (C(OH)–C–C–N with tert-alkyl or cyclic N) is 1. The largest absolute Gasteiger partial charge is 0.389 e. The summed E-state index contributed by atoms with van der Waals surface area (Å²) in [7, 11) is 1.44. The third kappa shape index (κ3) is 4.07. The molecule has 182 valence electrons. The molecule has 5 rings (SSSR count). The number of aliphatic hydroxyl groups is 1. The van der Waals surface area contributed by atoms with E-state index in [1.165, 1.54) is 18.4 Å². The molecule has 1 saturated heterocycles. The number of carbonyl (C=O) groups excluding carboxylic acids is 1. The topological polar surface area (TPSA) is 107 Å². The van der Waals surface area contributed by atoms with Gasteiger partial charge in [0.2, 0.25) is 0 Å². The number of benzene rings is 1. The lowest BCUT2D eigenvalue weighted by atomic mass is 10.0. The van der Waals surface area contributed by atoms with Crippen molar-refractivity contribution < 1.29 is 14.7 Å². The Morgan fingerprint density at radius 1 is 1.26 bits per heavy atom. The Hall–Kier alpha value is -3.34. The number of thiophene rings is 1. The summed E-state index contributed by atoms with van der Waals surface area (Å²) < 4.78 is 2.66. The van der Waals surface area contributed by atoms with Crippen LogP contribution in [0.25, 0.3) is 21.1 Å². The minimum atomic E-state index is -0.790. The molecule has 9 nitrogen and oxygen atoms in total. The standard InChI is InChI=1S/C25H26N4O5S/c1-3-4-11-28-24-21(22(31)27(2)25(28)33)20(23(32)29-13-16(30)14-34-29)19(35-24)12-15-9-10-26-18-8-6-5-7-17(15)18/h5-10,16,30H,3-4,11-14H2,1-2H3/t16-/m0/s1. The number of unbranched alkanes of at least 4 members (excludes halogenated alkanes) is 1. The van der Waals surface area contributed by atoms with Crippen molar-refractivity contribution in [1.29, 1.82) is 0 Å². The van der Waals surface area contributed by atoms with E-state index in [0.29, 0.717) is 22.7 Å². The van der Waals surface area contributed by atoms with Gasteiger partial charge < -0.3 is 5.11 Å². The van der Waals surface area contributed by atoms with E-state index in [1.54, 1.807) is 10.8 Å². The molecule has 3 aromatic heterocycles. The van der Waals surface area contributed by atoms with E-state index in [0.717, 1.165) is 38.9 Å². The zero-order valence-corrected chi connectivity index (χ0v) is 20.4. The van der Waals surface area contributed by atoms with Gasteiger partial charge in [-0.15, -0.1) is 11.3 Å². The minimum absolute atomic E-state index is 0.0113. The number of aromatic nitrogens is 3. The highest BCUT2D eigenvalue weighted by atomic mass is 32.1. The summed E-state index contributed by atoms with van der Waals surface area (Å²) in [5.74, 6) is -0.487. The van der Waals surface area contributed by atoms with Crippen LogP contribution in [0.3, 0.4) is 0 Å². The first-order valence-corrected chi connectivity index (χ1v) is 12.4. The van der Waals surface area contributed by atoms with Crippen LogP contribution in [0.15, 0.2) is 46.1 Å². The number of fused-ring (bicyclic) bond motifs is 2. The molecule has 1 aliphatic rings. The normalized spacial score (nSPS) is 16.0. The maximum absolute atomic E-state index is 13.7. The molecule has 0 spiro atoms. The monoisotopic (exact) mass is 494 g/mol. The second-order valence-corrected chi connectivity index (χ2v) is 9.80. The third-order valence-corrected chi connectivity index (χ3v) is 7.52. The molecule has 35 heavy (non-hydrogen) atoms. The fourth-order valence-electron chi connectivity index (χ4n) is 4.46. The van der Waals surface area contributed by atoms with E-state index in [-0.39, 0.29) is 24.1 Å². The SMILES string of the molecule is CCCCn1c(=O)n(C)c(=O)c2c(C(=O)N3C[C@H](O)CO3)c(Cc3ccnc4ccccc34)sc21. The molecule has 1 aliphatic heterocycles. The number of aryl methyl sites for hydroxylation is 1. The summed E-state index contributed by atoms with van der Waals surface area (Å²) in [5, 5.41) is 12.2. The maximum Gasteiger partial charge on any atom is 0.331 e. The highest BCUT2D eigenvalue weighted by Gasteiger charge is 2.33. The zero-order valence-electron chi connectivity index (χ0n) is 19.6. The number of hydrogen-bond acceptors (Lipinski definition) is 7. The highest BCUT2D eigenvalue weighted by Crippen LogP contribution is 2.33. The Morgan fingerprint density at radius 2 is 2.06 bits per heavy atom. The zero-order chi connectivity index (χ0) is 24.7. The van der Waals surface area contributed by atoms with Gasteiger partial charge in [-0.3, -0.25) is 28.5 Å². The predicted octanol–water partition coefficient (Wildman–Crippen LogP) is 2.45. The van der Waals surface area contributed by atoms with Gasteiger partial charge in [-0.1, -0.05) is 31.5 Å². The Balaban J connectivity index is 1.76. The molecule has 1 amide bonds. The molecule has 0 aliphatic carbocycles. The van der Waals surface area contributed by atoms with Gasteiger partial charge in [0, 0.05) is 36.5 Å². The van der Waals surface area contributed by atoms with Crippen LogP contribution >= 0.6 is 11.3 Å². The van der Waals surface area contributed by atoms with Gasteiger partial charge in [0.05, 0.1) is 23.0 Å². The third-order valence-electron chi connectivity index (χ3n) is 6.31. The van der Waals surface area contributed by atoms with E-state index in [2.05, 4.69) is 4.98 Å². The quantitative estimate of drug-likeness (QED) is 0.441. The van der Waals surface area contributed by atoms with Gasteiger partial charge in [0.15, 0.2) is 0 Å². The van der Waals surface area contributed by atoms with Crippen LogP contribution in [0, 0.1) is 0 Å². The van der Waals surface area contributed by atoms with Gasteiger partial charge in [-0.25, -0.2) is 9.86 Å². The average Bonchev–Trinajstić information content (AvgIpc) is 3.46. The summed E-state index contributed by atoms with van der Waals surface area (Å²) in [6.45, 7) is 2.51. The Bertz CT molecular complexity index is 1550. The van der Waals surface area contributed by atoms with Crippen LogP contribution in [0.1, 0.15) is 40.6 Å². The van der Waals surface area contributed by atoms with Crippen molar-refractivity contribution in [2.24, 2.45) is 7.05 Å². The van der Waals surface area contributed by atoms with Crippen LogP contribution in [-0.4, -0.2) is 49.5 Å². The summed E-state index contributed by atoms with van der Waals surface area (Å²) in [4.78, 5) is 51.0. The van der Waals surface area contributed by atoms with Gasteiger partial charge in [-0.05, 0) is 24.1 Å². The van der Waals surface area contributed by atoms with Crippen molar-refractivity contribution in [3.63, 3.8) is 0 Å². The van der Waals surface area contributed by atoms with Crippen molar-refractivity contribution in [3.8, 4) is 0 Å². The first kappa shape index (κ1) is 23.4. The Labute approximate surface area is 204 Å². The van der Waals surface area contributed by atoms with Gasteiger partial charge in [0.1, 0.15) is 17.5 Å². The first-order valence-electron chi connectivity index (χ1n) is 11.6. The fourth-order valence-corrected chi connectivity index (χ4v) is 5.78. The van der Waals surface area contributed by atoms with Crippen molar-refractivity contribution in [2.45, 2.75) is 38.8 Å². The molecule has 1 N–H and O–H groups in total. The highest BCUT2D eigenvalue weighted by molar-refractivity contribution is 7.19. The van der Waals surface area contributed by atoms with Crippen molar-refractivity contribution >= 4 is 38.4 Å². The molecule has 4 aromatic rings. The molecule has 0 radical (unpaired) electrons. The lowest BCUT2D eigenvalue weighted by Crippen LogP contribution is -2.38. The van der Waals surface area contributed by atoms with Gasteiger partial charge >= 0.3 is 5.69 Å². The number of aliphatic hydroxyl groups excluding tert-OH is 1. The second-order valence-electron chi connectivity index (χ2n) is 8.71. The van der Waals surface area contributed by atoms with Gasteiger partial charge in [-0.2, -0.15) is 0 Å². The van der Waals surface area contributed by atoms with E-state index in [1.807, 2.05) is 37.3 Å². The number of pyridine rings is 1. The number of carbonyl (C=O) groups is 1. The van der Waals surface area contributed by atoms with Crippen LogP contribution in [0.5, 0.6) is 0 Å². The number of hydroxylamine groups is 2. The second kappa shape index (κ2) is 9.37. The molecule has 1 aromatic carbocycles. The van der Waals surface area contributed by atoms with Crippen LogP contribution in [0.4, 0.5) is 0 Å². The number of amides is 1. The summed E-state index contributed by atoms with van der Waals surface area (Å²) in [6.07, 6.45) is 2.96. The molecule has 0 unspecified atom stereocenters. The molecule has 0 bridgehead atoms. The van der Waals surface area contributed by atoms with E-state index in [9.17, 15) is 19.5 Å². The molecule has 1 fully saturated rings. The smallest absolute Gasteiger partial charge is 0.331 e. The number of rotatable bonds is 6. The Morgan fingerprint density at radius 3 is 2.80 bits per heavy atom. The van der Waals surface area contributed by atoms with Crippen LogP contribution in [-0.2, 0) is 24.9 Å². The van der Waals surface area contributed by atoms with Crippen molar-refractivity contribution in [3.05, 3.63) is 73.4 Å². The van der Waals surface area contributed by atoms with Gasteiger partial charge in [0.25, 0.3) is 11.5 Å². The Kier molecular flexibility index (Phi) is 6.26. The lowest BCUT2D eigenvalue weighted by molar-refractivity contribution is -0.0778. The molecule has 1 atom stereocenters. The number of para-hydroxylation sites is 1. The molecular weight excluding hydrogens is 468 g/mol. The minimum Gasteiger partial charge on any atom is -0.389 e. The lowest BCUT2D eigenvalue weighted by Gasteiger charge is -2.15. The summed E-state index contributed by atoms with van der Waals surface area (Å²) in [6, 6.07) is 9.65. The summed E-state index contributed by atoms with van der Waals surface area (Å²) in [5.41, 5.74) is 1.11. The summed E-state index contributed by atoms with van der Waals surface area (Å²) >= 11 is 1.29. The average molecular weight is 495 g/mol. The van der Waals surface area contributed by atoms with Crippen molar-refractivity contribution in [1.82, 2.24) is 19.2 Å². The van der Waals surface area contributed by atoms with Crippen molar-refractivity contribution in [2.75, 3.05) is 13.2 Å². The number of hydrogen-bond donors (Lipinski definition) is 1. The van der Waals surface area contributed by atoms with Crippen LogP contribution in [0.2, 0.25) is 0 Å². The molecular formula is C25H26N4O5S. The van der Waals surface area contributed by atoms with Crippen LogP contribution < -0.4 is 11.2 Å². The maximum atomic E-state index is 13.7. The molecule has 4 heterocycles. The van der Waals surface area contributed by atoms with E-state index in [4.69, 9.17) is 4.84 Å². The molecule has 10 heteroatoms. The van der Waals surface area contributed by atoms with E-state index >= 15 is 0 Å². The predicted molar refractivity (Wildman–Crippen MR) is 134 cm³/mol. The number of nitrogens with zero attached hydrogens (tertiary/aromatic N) is 4. The van der Waals surface area contributed by atoms with E-state index < -0.39 is 23.3 Å². The first-order chi connectivity index (χ1) is 16.9. The fraction of sp³-hybridized carbons (Fsp3) is 0.360. The molecule has 0 saturated carbocycles.